The summed E-state index contributed by atoms with van der Waals surface area (Å²) in [6, 6.07) is 1.03. The Morgan fingerprint density at radius 3 is 2.45 bits per heavy atom. The molecule has 0 bridgehead atoms. The van der Waals surface area contributed by atoms with Crippen LogP contribution in [0.3, 0.4) is 0 Å². The number of hydrogen-bond acceptors (Lipinski definition) is 4. The summed E-state index contributed by atoms with van der Waals surface area (Å²) in [5, 5.41) is 3.03. The third-order valence-corrected chi connectivity index (χ3v) is 7.23. The minimum atomic E-state index is -4.43. The first-order chi connectivity index (χ1) is 14.4. The Morgan fingerprint density at radius 2 is 1.90 bits per heavy atom. The Bertz CT molecular complexity index is 1310. The summed E-state index contributed by atoms with van der Waals surface area (Å²) >= 11 is 1.08. The zero-order chi connectivity index (χ0) is 22.7. The summed E-state index contributed by atoms with van der Waals surface area (Å²) in [4.78, 5) is 39.2. The predicted octanol–water partition coefficient (Wildman–Crippen LogP) is 3.38. The van der Waals surface area contributed by atoms with Gasteiger partial charge in [0.15, 0.2) is 0 Å². The quantitative estimate of drug-likeness (QED) is 0.639. The topological polar surface area (TPSA) is 81.8 Å². The number of thiophene rings is 1. The normalized spacial score (nSPS) is 16.7. The van der Waals surface area contributed by atoms with Crippen molar-refractivity contribution >= 4 is 21.6 Å². The first-order valence-corrected chi connectivity index (χ1v) is 10.8. The lowest BCUT2D eigenvalue weighted by atomic mass is 9.68. The molecular formula is C20H23F3N4O3S. The minimum Gasteiger partial charge on any atom is -0.303 e. The van der Waals surface area contributed by atoms with Gasteiger partial charge in [0.2, 0.25) is 0 Å². The molecule has 3 aromatic rings. The van der Waals surface area contributed by atoms with E-state index in [-0.39, 0.29) is 33.8 Å². The average molecular weight is 456 g/mol. The van der Waals surface area contributed by atoms with Crippen molar-refractivity contribution in [3.8, 4) is 0 Å². The number of halogens is 3. The molecule has 1 saturated carbocycles. The van der Waals surface area contributed by atoms with Gasteiger partial charge in [0.05, 0.1) is 18.4 Å². The Balaban J connectivity index is 1.90. The fourth-order valence-electron chi connectivity index (χ4n) is 4.34. The van der Waals surface area contributed by atoms with Crippen molar-refractivity contribution in [1.82, 2.24) is 18.9 Å². The molecule has 168 valence electrons. The van der Waals surface area contributed by atoms with Crippen LogP contribution in [-0.2, 0) is 13.1 Å². The van der Waals surface area contributed by atoms with Crippen molar-refractivity contribution in [1.29, 1.82) is 0 Å². The van der Waals surface area contributed by atoms with E-state index in [4.69, 9.17) is 0 Å². The first kappa shape index (κ1) is 21.7. The number of H-pyrrole nitrogens is 1. The smallest absolute Gasteiger partial charge is 0.303 e. The zero-order valence-corrected chi connectivity index (χ0v) is 18.2. The highest BCUT2D eigenvalue weighted by atomic mass is 32.1. The van der Waals surface area contributed by atoms with E-state index in [1.807, 2.05) is 13.8 Å². The van der Waals surface area contributed by atoms with Gasteiger partial charge in [0.1, 0.15) is 4.83 Å². The molecule has 31 heavy (non-hydrogen) atoms. The molecule has 1 aliphatic carbocycles. The minimum absolute atomic E-state index is 0.0219. The molecule has 0 spiro atoms. The average Bonchev–Trinajstić information content (AvgIpc) is 3.16. The van der Waals surface area contributed by atoms with Gasteiger partial charge in [-0.05, 0) is 30.7 Å². The van der Waals surface area contributed by atoms with Crippen LogP contribution in [0.4, 0.5) is 13.2 Å². The van der Waals surface area contributed by atoms with Gasteiger partial charge in [0, 0.05) is 29.7 Å². The summed E-state index contributed by atoms with van der Waals surface area (Å²) in [6.45, 7) is 5.34. The highest BCUT2D eigenvalue weighted by molar-refractivity contribution is 7.18. The van der Waals surface area contributed by atoms with Crippen LogP contribution in [-0.4, -0.2) is 25.1 Å². The SMILES string of the molecule is Cc1c(Cn2[nH]ccc2=O)sc2c1c(=O)n(C1CC(C)(C)C1)c(=O)n2CCC(F)(F)F. The van der Waals surface area contributed by atoms with Crippen LogP contribution in [0.15, 0.2) is 26.6 Å². The van der Waals surface area contributed by atoms with Gasteiger partial charge in [-0.2, -0.15) is 13.2 Å². The van der Waals surface area contributed by atoms with E-state index in [2.05, 4.69) is 5.10 Å². The molecule has 0 aliphatic heterocycles. The van der Waals surface area contributed by atoms with Crippen molar-refractivity contribution < 1.29 is 13.2 Å². The lowest BCUT2D eigenvalue weighted by molar-refractivity contribution is -0.136. The maximum atomic E-state index is 13.3. The molecular weight excluding hydrogens is 433 g/mol. The third kappa shape index (κ3) is 3.90. The second-order valence-corrected chi connectivity index (χ2v) is 10.0. The molecule has 3 heterocycles. The molecule has 0 saturated heterocycles. The van der Waals surface area contributed by atoms with E-state index in [9.17, 15) is 27.6 Å². The fraction of sp³-hybridized carbons (Fsp3) is 0.550. The Hall–Kier alpha value is -2.56. The molecule has 0 atom stereocenters. The predicted molar refractivity (Wildman–Crippen MR) is 112 cm³/mol. The van der Waals surface area contributed by atoms with Gasteiger partial charge in [-0.3, -0.25) is 18.7 Å². The number of aryl methyl sites for hydroxylation is 2. The van der Waals surface area contributed by atoms with Crippen LogP contribution < -0.4 is 16.8 Å². The van der Waals surface area contributed by atoms with Gasteiger partial charge in [0.25, 0.3) is 11.1 Å². The lowest BCUT2D eigenvalue weighted by Crippen LogP contribution is -2.48. The van der Waals surface area contributed by atoms with Crippen LogP contribution in [0.2, 0.25) is 0 Å². The molecule has 1 aliphatic rings. The lowest BCUT2D eigenvalue weighted by Gasteiger charge is -2.43. The van der Waals surface area contributed by atoms with E-state index in [1.165, 1.54) is 16.9 Å². The Morgan fingerprint density at radius 1 is 1.23 bits per heavy atom. The van der Waals surface area contributed by atoms with Crippen LogP contribution >= 0.6 is 11.3 Å². The van der Waals surface area contributed by atoms with E-state index < -0.39 is 30.4 Å². The van der Waals surface area contributed by atoms with Crippen LogP contribution in [0.5, 0.6) is 0 Å². The largest absolute Gasteiger partial charge is 0.390 e. The highest BCUT2D eigenvalue weighted by Crippen LogP contribution is 2.46. The number of aromatic amines is 1. The van der Waals surface area contributed by atoms with E-state index in [0.717, 1.165) is 20.5 Å². The molecule has 0 aromatic carbocycles. The maximum absolute atomic E-state index is 13.3. The number of nitrogens with zero attached hydrogens (tertiary/aromatic N) is 3. The fourth-order valence-corrected chi connectivity index (χ4v) is 5.64. The molecule has 3 aromatic heterocycles. The molecule has 1 N–H and O–H groups in total. The van der Waals surface area contributed by atoms with Crippen LogP contribution in [0, 0.1) is 12.3 Å². The van der Waals surface area contributed by atoms with Crippen molar-refractivity contribution in [3.05, 3.63) is 53.9 Å². The number of nitrogens with one attached hydrogen (secondary N) is 1. The van der Waals surface area contributed by atoms with Crippen molar-refractivity contribution in [3.63, 3.8) is 0 Å². The number of hydrogen-bond donors (Lipinski definition) is 1. The van der Waals surface area contributed by atoms with Crippen molar-refractivity contribution in [2.24, 2.45) is 5.41 Å². The molecule has 4 rings (SSSR count). The summed E-state index contributed by atoms with van der Waals surface area (Å²) in [5.74, 6) is 0. The van der Waals surface area contributed by atoms with Gasteiger partial charge in [-0.15, -0.1) is 11.3 Å². The molecule has 1 fully saturated rings. The maximum Gasteiger partial charge on any atom is 0.390 e. The number of rotatable bonds is 5. The van der Waals surface area contributed by atoms with Gasteiger partial charge < -0.3 is 5.10 Å². The summed E-state index contributed by atoms with van der Waals surface area (Å²) in [6.07, 6.45) is -2.89. The van der Waals surface area contributed by atoms with E-state index >= 15 is 0 Å². The molecule has 7 nitrogen and oxygen atoms in total. The second-order valence-electron chi connectivity index (χ2n) is 8.92. The molecule has 11 heteroatoms. The van der Waals surface area contributed by atoms with E-state index in [0.29, 0.717) is 23.3 Å². The number of aromatic nitrogens is 4. The standard InChI is InChI=1S/C20H23F3N4O3S/c1-11-13(10-26-14(28)4-6-24-26)31-17-15(11)16(29)27(12-8-19(2,3)9-12)18(30)25(17)7-5-20(21,22)23/h4,6,12,24H,5,7-10H2,1-3H3. The van der Waals surface area contributed by atoms with Gasteiger partial charge >= 0.3 is 11.9 Å². The summed E-state index contributed by atoms with van der Waals surface area (Å²) in [7, 11) is 0. The molecule has 0 amide bonds. The summed E-state index contributed by atoms with van der Waals surface area (Å²) in [5.41, 5.74) is -0.874. The summed E-state index contributed by atoms with van der Waals surface area (Å²) < 4.78 is 42.4. The Labute approximate surface area is 178 Å². The van der Waals surface area contributed by atoms with Gasteiger partial charge in [-0.1, -0.05) is 13.8 Å². The third-order valence-electron chi connectivity index (χ3n) is 5.93. The van der Waals surface area contributed by atoms with Crippen LogP contribution in [0.25, 0.3) is 10.2 Å². The second kappa shape index (κ2) is 7.25. The van der Waals surface area contributed by atoms with Crippen molar-refractivity contribution in [2.45, 2.75) is 65.3 Å². The molecule has 0 unspecified atom stereocenters. The highest BCUT2D eigenvalue weighted by Gasteiger charge is 2.39. The zero-order valence-electron chi connectivity index (χ0n) is 17.4. The first-order valence-electron chi connectivity index (χ1n) is 9.96. The monoisotopic (exact) mass is 456 g/mol. The number of fused-ring (bicyclic) bond motifs is 1. The van der Waals surface area contributed by atoms with Gasteiger partial charge in [-0.25, -0.2) is 9.48 Å². The van der Waals surface area contributed by atoms with E-state index in [1.54, 1.807) is 6.92 Å². The number of alkyl halides is 3. The molecule has 0 radical (unpaired) electrons. The van der Waals surface area contributed by atoms with Crippen LogP contribution in [0.1, 0.15) is 49.6 Å². The van der Waals surface area contributed by atoms with Crippen molar-refractivity contribution in [2.75, 3.05) is 0 Å². The Kier molecular flexibility index (Phi) is 5.07.